The van der Waals surface area contributed by atoms with Crippen molar-refractivity contribution in [3.05, 3.63) is 90.0 Å². The Kier molecular flexibility index (Phi) is 7.25. The standard InChI is InChI=1S/C19H15O6P.Na/c20-18-13-16(25-26(22,23)24-15-9-5-2-6-10-15)11-12-17(18)19(21)14-7-3-1-4-8-14;/h1-13,20H,(H,22,23);/q;+1/p-1. The molecule has 0 aliphatic rings. The summed E-state index contributed by atoms with van der Waals surface area (Å²) in [5, 5.41) is 10.1. The molecule has 1 N–H and O–H groups in total. The summed E-state index contributed by atoms with van der Waals surface area (Å²) in [6.07, 6.45) is 0. The third kappa shape index (κ3) is 5.70. The van der Waals surface area contributed by atoms with Gasteiger partial charge in [0.1, 0.15) is 17.2 Å². The molecule has 27 heavy (non-hydrogen) atoms. The molecule has 0 radical (unpaired) electrons. The molecule has 0 aromatic heterocycles. The van der Waals surface area contributed by atoms with Gasteiger partial charge in [0.15, 0.2) is 5.78 Å². The molecule has 3 rings (SSSR count). The SMILES string of the molecule is O=C(c1ccccc1)c1ccc(OP(=O)([O-])Oc2ccccc2)cc1O.[Na+]. The first-order valence-electron chi connectivity index (χ1n) is 7.63. The number of hydrogen-bond acceptors (Lipinski definition) is 6. The van der Waals surface area contributed by atoms with E-state index in [-0.39, 0.29) is 52.4 Å². The minimum atomic E-state index is -4.70. The van der Waals surface area contributed by atoms with Gasteiger partial charge in [-0.1, -0.05) is 48.5 Å². The molecular weight excluding hydrogens is 378 g/mol. The summed E-state index contributed by atoms with van der Waals surface area (Å²) in [6, 6.07) is 19.9. The minimum Gasteiger partial charge on any atom is -0.736 e. The summed E-state index contributed by atoms with van der Waals surface area (Å²) in [4.78, 5) is 24.3. The topological polar surface area (TPSA) is 95.9 Å². The van der Waals surface area contributed by atoms with Crippen molar-refractivity contribution in [2.75, 3.05) is 0 Å². The maximum absolute atomic E-state index is 12.4. The van der Waals surface area contributed by atoms with E-state index in [1.165, 1.54) is 24.3 Å². The number of para-hydroxylation sites is 1. The Bertz CT molecular complexity index is 962. The first-order chi connectivity index (χ1) is 12.4. The summed E-state index contributed by atoms with van der Waals surface area (Å²) < 4.78 is 21.6. The van der Waals surface area contributed by atoms with Gasteiger partial charge in [0.05, 0.1) is 5.56 Å². The number of aromatic hydroxyl groups is 1. The summed E-state index contributed by atoms with van der Waals surface area (Å²) >= 11 is 0. The van der Waals surface area contributed by atoms with Crippen LogP contribution in [0.1, 0.15) is 15.9 Å². The second-order valence-electron chi connectivity index (χ2n) is 5.32. The number of ketones is 1. The number of benzene rings is 3. The monoisotopic (exact) mass is 392 g/mol. The van der Waals surface area contributed by atoms with Crippen LogP contribution in [0.15, 0.2) is 78.9 Å². The van der Waals surface area contributed by atoms with Crippen molar-refractivity contribution in [1.29, 1.82) is 0 Å². The summed E-state index contributed by atoms with van der Waals surface area (Å²) in [6.45, 7) is 0. The van der Waals surface area contributed by atoms with Crippen molar-refractivity contribution < 1.29 is 58.0 Å². The quantitative estimate of drug-likeness (QED) is 0.374. The van der Waals surface area contributed by atoms with Crippen molar-refractivity contribution >= 4 is 13.6 Å². The fourth-order valence-corrected chi connectivity index (χ4v) is 3.05. The zero-order valence-electron chi connectivity index (χ0n) is 14.4. The Morgan fingerprint density at radius 1 is 0.852 bits per heavy atom. The Morgan fingerprint density at radius 3 is 2.00 bits per heavy atom. The molecule has 0 amide bonds. The first kappa shape index (κ1) is 21.2. The minimum absolute atomic E-state index is 0. The van der Waals surface area contributed by atoms with Gasteiger partial charge in [-0.15, -0.1) is 0 Å². The molecule has 0 heterocycles. The van der Waals surface area contributed by atoms with Crippen LogP contribution >= 0.6 is 7.82 Å². The first-order valence-corrected chi connectivity index (χ1v) is 9.09. The van der Waals surface area contributed by atoms with Crippen LogP contribution in [0.4, 0.5) is 0 Å². The molecule has 132 valence electrons. The van der Waals surface area contributed by atoms with E-state index in [2.05, 4.69) is 0 Å². The molecule has 0 saturated heterocycles. The third-order valence-electron chi connectivity index (χ3n) is 3.43. The van der Waals surface area contributed by atoms with E-state index in [9.17, 15) is 19.4 Å². The van der Waals surface area contributed by atoms with E-state index in [0.717, 1.165) is 6.07 Å². The number of phosphoric acid groups is 1. The number of carbonyl (C=O) groups excluding carboxylic acids is 1. The van der Waals surface area contributed by atoms with E-state index in [4.69, 9.17) is 9.05 Å². The average Bonchev–Trinajstić information content (AvgIpc) is 2.62. The van der Waals surface area contributed by atoms with Crippen molar-refractivity contribution in [2.45, 2.75) is 0 Å². The van der Waals surface area contributed by atoms with Crippen LogP contribution in [0.2, 0.25) is 0 Å². The van der Waals surface area contributed by atoms with Gasteiger partial charge in [-0.25, -0.2) is 4.57 Å². The zero-order chi connectivity index (χ0) is 18.6. The molecule has 0 spiro atoms. The van der Waals surface area contributed by atoms with Crippen LogP contribution in [-0.4, -0.2) is 10.9 Å². The molecule has 6 nitrogen and oxygen atoms in total. The van der Waals surface area contributed by atoms with Gasteiger partial charge in [-0.05, 0) is 24.3 Å². The van der Waals surface area contributed by atoms with Gasteiger partial charge in [0.25, 0.3) is 0 Å². The molecule has 0 aliphatic carbocycles. The smallest absolute Gasteiger partial charge is 0.736 e. The van der Waals surface area contributed by atoms with E-state index < -0.39 is 13.6 Å². The molecule has 0 saturated carbocycles. The second kappa shape index (κ2) is 9.22. The number of phenols is 1. The second-order valence-corrected chi connectivity index (χ2v) is 6.58. The average molecular weight is 392 g/mol. The molecule has 0 aliphatic heterocycles. The summed E-state index contributed by atoms with van der Waals surface area (Å²) in [7, 11) is -4.70. The summed E-state index contributed by atoms with van der Waals surface area (Å²) in [5.41, 5.74) is 0.437. The Morgan fingerprint density at radius 2 is 1.41 bits per heavy atom. The fraction of sp³-hybridized carbons (Fsp3) is 0. The van der Waals surface area contributed by atoms with Crippen molar-refractivity contribution in [3.8, 4) is 17.2 Å². The van der Waals surface area contributed by atoms with Crippen LogP contribution in [0.3, 0.4) is 0 Å². The number of rotatable bonds is 6. The third-order valence-corrected chi connectivity index (χ3v) is 4.30. The molecule has 0 fully saturated rings. The van der Waals surface area contributed by atoms with Crippen molar-refractivity contribution in [1.82, 2.24) is 0 Å². The van der Waals surface area contributed by atoms with Crippen molar-refractivity contribution in [3.63, 3.8) is 0 Å². The van der Waals surface area contributed by atoms with Crippen LogP contribution in [0, 0.1) is 0 Å². The van der Waals surface area contributed by atoms with Gasteiger partial charge in [0, 0.05) is 11.6 Å². The van der Waals surface area contributed by atoms with E-state index >= 15 is 0 Å². The molecule has 1 unspecified atom stereocenters. The normalized spacial score (nSPS) is 12.3. The molecule has 8 heteroatoms. The van der Waals surface area contributed by atoms with Crippen LogP contribution in [0.5, 0.6) is 17.2 Å². The maximum Gasteiger partial charge on any atom is 1.00 e. The van der Waals surface area contributed by atoms with Crippen LogP contribution in [0.25, 0.3) is 0 Å². The van der Waals surface area contributed by atoms with Gasteiger partial charge in [0.2, 0.25) is 0 Å². The van der Waals surface area contributed by atoms with Gasteiger partial charge >= 0.3 is 37.4 Å². The van der Waals surface area contributed by atoms with Gasteiger partial charge in [-0.3, -0.25) is 4.79 Å². The van der Waals surface area contributed by atoms with Gasteiger partial charge in [-0.2, -0.15) is 0 Å². The molecular formula is C19H14NaO6P. The van der Waals surface area contributed by atoms with Crippen molar-refractivity contribution in [2.24, 2.45) is 0 Å². The number of hydrogen-bond donors (Lipinski definition) is 1. The Balaban J connectivity index is 0.00000261. The van der Waals surface area contributed by atoms with E-state index in [1.807, 2.05) is 0 Å². The molecule has 3 aromatic rings. The molecule has 1 atom stereocenters. The Hall–Kier alpha value is -2.08. The Labute approximate surface area is 178 Å². The number of carbonyl (C=O) groups is 1. The van der Waals surface area contributed by atoms with E-state index in [0.29, 0.717) is 5.56 Å². The maximum atomic E-state index is 12.4. The largest absolute Gasteiger partial charge is 1.00 e. The van der Waals surface area contributed by atoms with Gasteiger partial charge < -0.3 is 19.0 Å². The fourth-order valence-electron chi connectivity index (χ4n) is 2.26. The zero-order valence-corrected chi connectivity index (χ0v) is 17.3. The van der Waals surface area contributed by atoms with Crippen LogP contribution in [-0.2, 0) is 4.57 Å². The molecule has 0 bridgehead atoms. The number of phosphoric ester groups is 1. The molecule has 3 aromatic carbocycles. The predicted molar refractivity (Wildman–Crippen MR) is 93.3 cm³/mol. The van der Waals surface area contributed by atoms with E-state index in [1.54, 1.807) is 48.5 Å². The summed E-state index contributed by atoms with van der Waals surface area (Å²) in [5.74, 6) is -0.844. The predicted octanol–water partition coefficient (Wildman–Crippen LogP) is 0.553. The van der Waals surface area contributed by atoms with Crippen LogP contribution < -0.4 is 43.5 Å². The number of phenolic OH excluding ortho intramolecular Hbond substituents is 1.